The lowest BCUT2D eigenvalue weighted by molar-refractivity contribution is -0.384. The molecular weight excluding hydrogens is 292 g/mol. The molecule has 2 aromatic heterocycles. The van der Waals surface area contributed by atoms with Gasteiger partial charge >= 0.3 is 0 Å². The van der Waals surface area contributed by atoms with Crippen LogP contribution in [0.4, 0.5) is 11.5 Å². The maximum Gasteiger partial charge on any atom is 0.269 e. The summed E-state index contributed by atoms with van der Waals surface area (Å²) in [6.07, 6.45) is 3.25. The van der Waals surface area contributed by atoms with Gasteiger partial charge in [-0.05, 0) is 18.4 Å². The molecule has 21 heavy (non-hydrogen) atoms. The minimum absolute atomic E-state index is 0.0226. The van der Waals surface area contributed by atoms with Gasteiger partial charge in [0.2, 0.25) is 0 Å². The zero-order valence-electron chi connectivity index (χ0n) is 10.9. The molecule has 2 N–H and O–H groups in total. The van der Waals surface area contributed by atoms with Crippen molar-refractivity contribution in [1.82, 2.24) is 19.7 Å². The zero-order chi connectivity index (χ0) is 15.0. The highest BCUT2D eigenvalue weighted by Gasteiger charge is 2.16. The maximum absolute atomic E-state index is 10.7. The summed E-state index contributed by atoms with van der Waals surface area (Å²) in [5.74, 6) is 0.359. The van der Waals surface area contributed by atoms with Gasteiger partial charge in [-0.3, -0.25) is 10.1 Å². The van der Waals surface area contributed by atoms with Crippen LogP contribution in [-0.4, -0.2) is 30.9 Å². The van der Waals surface area contributed by atoms with Gasteiger partial charge in [-0.1, -0.05) is 0 Å². The summed E-state index contributed by atoms with van der Waals surface area (Å²) in [5, 5.41) is 16.5. The molecule has 0 aliphatic heterocycles. The number of nitro benzene ring substituents is 1. The molecule has 0 spiro atoms. The van der Waals surface area contributed by atoms with Crippen LogP contribution in [0.15, 0.2) is 35.6 Å². The van der Waals surface area contributed by atoms with Crippen LogP contribution in [-0.2, 0) is 0 Å². The Labute approximate surface area is 123 Å². The fourth-order valence-corrected chi connectivity index (χ4v) is 2.55. The van der Waals surface area contributed by atoms with Gasteiger partial charge in [-0.25, -0.2) is 14.6 Å². The van der Waals surface area contributed by atoms with Gasteiger partial charge in [0.05, 0.1) is 16.0 Å². The van der Waals surface area contributed by atoms with E-state index in [0.29, 0.717) is 27.6 Å². The molecule has 0 amide bonds. The number of benzene rings is 1. The first-order chi connectivity index (χ1) is 10.1. The van der Waals surface area contributed by atoms with E-state index in [2.05, 4.69) is 15.1 Å². The Morgan fingerprint density at radius 2 is 2.00 bits per heavy atom. The lowest BCUT2D eigenvalue weighted by Crippen LogP contribution is -1.99. The summed E-state index contributed by atoms with van der Waals surface area (Å²) in [6.45, 7) is 0. The first kappa shape index (κ1) is 13.3. The average Bonchev–Trinajstić information content (AvgIpc) is 2.87. The summed E-state index contributed by atoms with van der Waals surface area (Å²) >= 11 is 1.44. The van der Waals surface area contributed by atoms with Crippen LogP contribution < -0.4 is 5.73 Å². The van der Waals surface area contributed by atoms with Crippen LogP contribution in [0.3, 0.4) is 0 Å². The zero-order valence-corrected chi connectivity index (χ0v) is 11.7. The van der Waals surface area contributed by atoms with Crippen LogP contribution >= 0.6 is 11.8 Å². The second-order valence-corrected chi connectivity index (χ2v) is 4.95. The maximum atomic E-state index is 10.7. The lowest BCUT2D eigenvalue weighted by atomic mass is 10.3. The standard InChI is InChI=1S/C12H10N6O2S/c1-21-12-9-10(13)14-6-15-11(9)17(16-12)7-2-4-8(5-3-7)18(19)20/h2-6H,1H3,(H2,13,14,15). The van der Waals surface area contributed by atoms with Crippen molar-refractivity contribution in [2.45, 2.75) is 5.03 Å². The van der Waals surface area contributed by atoms with Gasteiger partial charge in [0.25, 0.3) is 5.69 Å². The summed E-state index contributed by atoms with van der Waals surface area (Å²) < 4.78 is 1.60. The smallest absolute Gasteiger partial charge is 0.269 e. The Morgan fingerprint density at radius 3 is 2.62 bits per heavy atom. The van der Waals surface area contributed by atoms with Crippen LogP contribution in [0.5, 0.6) is 0 Å². The van der Waals surface area contributed by atoms with E-state index in [1.165, 1.54) is 30.2 Å². The summed E-state index contributed by atoms with van der Waals surface area (Å²) in [7, 11) is 0. The molecule has 0 atom stereocenters. The molecule has 0 bridgehead atoms. The van der Waals surface area contributed by atoms with E-state index in [0.717, 1.165) is 0 Å². The largest absolute Gasteiger partial charge is 0.383 e. The predicted octanol–water partition coefficient (Wildman–Crippen LogP) is 2.03. The molecule has 0 saturated heterocycles. The number of anilines is 1. The van der Waals surface area contributed by atoms with E-state index in [-0.39, 0.29) is 5.69 Å². The highest BCUT2D eigenvalue weighted by Crippen LogP contribution is 2.29. The summed E-state index contributed by atoms with van der Waals surface area (Å²) in [4.78, 5) is 18.4. The van der Waals surface area contributed by atoms with E-state index >= 15 is 0 Å². The number of rotatable bonds is 3. The number of hydrogen-bond donors (Lipinski definition) is 1. The normalized spacial score (nSPS) is 10.9. The van der Waals surface area contributed by atoms with Crippen molar-refractivity contribution in [3.8, 4) is 5.69 Å². The number of hydrogen-bond acceptors (Lipinski definition) is 7. The second kappa shape index (κ2) is 5.02. The minimum Gasteiger partial charge on any atom is -0.383 e. The number of nitrogen functional groups attached to an aromatic ring is 1. The molecule has 0 unspecified atom stereocenters. The molecule has 0 radical (unpaired) electrons. The van der Waals surface area contributed by atoms with Crippen molar-refractivity contribution in [3.63, 3.8) is 0 Å². The van der Waals surface area contributed by atoms with Crippen molar-refractivity contribution in [3.05, 3.63) is 40.7 Å². The van der Waals surface area contributed by atoms with Crippen molar-refractivity contribution < 1.29 is 4.92 Å². The quantitative estimate of drug-likeness (QED) is 0.447. The van der Waals surface area contributed by atoms with Gasteiger partial charge < -0.3 is 5.73 Å². The molecule has 106 valence electrons. The van der Waals surface area contributed by atoms with Gasteiger partial charge in [0.1, 0.15) is 17.2 Å². The van der Waals surface area contributed by atoms with Crippen molar-refractivity contribution in [2.24, 2.45) is 0 Å². The Morgan fingerprint density at radius 1 is 1.29 bits per heavy atom. The minimum atomic E-state index is -0.446. The average molecular weight is 302 g/mol. The Hall–Kier alpha value is -2.68. The monoisotopic (exact) mass is 302 g/mol. The van der Waals surface area contributed by atoms with Crippen molar-refractivity contribution >= 4 is 34.3 Å². The van der Waals surface area contributed by atoms with Crippen LogP contribution in [0.1, 0.15) is 0 Å². The molecule has 9 heteroatoms. The number of nitro groups is 1. The lowest BCUT2D eigenvalue weighted by Gasteiger charge is -2.02. The fourth-order valence-electron chi connectivity index (χ4n) is 1.98. The van der Waals surface area contributed by atoms with E-state index in [1.54, 1.807) is 16.8 Å². The predicted molar refractivity (Wildman–Crippen MR) is 79.5 cm³/mol. The van der Waals surface area contributed by atoms with E-state index < -0.39 is 4.92 Å². The number of non-ortho nitro benzene ring substituents is 1. The fraction of sp³-hybridized carbons (Fsp3) is 0.0833. The number of nitrogens with two attached hydrogens (primary N) is 1. The molecule has 0 aliphatic rings. The topological polar surface area (TPSA) is 113 Å². The summed E-state index contributed by atoms with van der Waals surface area (Å²) in [6, 6.07) is 6.08. The van der Waals surface area contributed by atoms with Crippen LogP contribution in [0.2, 0.25) is 0 Å². The Kier molecular flexibility index (Phi) is 3.18. The van der Waals surface area contributed by atoms with E-state index in [4.69, 9.17) is 5.73 Å². The number of thioether (sulfide) groups is 1. The molecule has 2 heterocycles. The molecule has 0 aliphatic carbocycles. The molecular formula is C12H10N6O2S. The van der Waals surface area contributed by atoms with E-state index in [1.807, 2.05) is 6.26 Å². The van der Waals surface area contributed by atoms with Gasteiger partial charge in [-0.2, -0.15) is 5.10 Å². The third-order valence-corrected chi connectivity index (χ3v) is 3.63. The Balaban J connectivity index is 2.20. The molecule has 0 fully saturated rings. The third kappa shape index (κ3) is 2.17. The number of nitrogens with zero attached hydrogens (tertiary/aromatic N) is 5. The van der Waals surface area contributed by atoms with E-state index in [9.17, 15) is 10.1 Å². The highest BCUT2D eigenvalue weighted by molar-refractivity contribution is 7.98. The third-order valence-electron chi connectivity index (χ3n) is 2.96. The SMILES string of the molecule is CSc1nn(-c2ccc([N+](=O)[O-])cc2)c2ncnc(N)c12. The molecule has 3 rings (SSSR count). The molecule has 3 aromatic rings. The summed E-state index contributed by atoms with van der Waals surface area (Å²) in [5.41, 5.74) is 7.14. The molecule has 1 aromatic carbocycles. The van der Waals surface area contributed by atoms with Gasteiger partial charge in [0, 0.05) is 12.1 Å². The number of fused-ring (bicyclic) bond motifs is 1. The van der Waals surface area contributed by atoms with Crippen LogP contribution in [0, 0.1) is 10.1 Å². The molecule has 0 saturated carbocycles. The first-order valence-electron chi connectivity index (χ1n) is 5.90. The second-order valence-electron chi connectivity index (χ2n) is 4.15. The first-order valence-corrected chi connectivity index (χ1v) is 7.12. The van der Waals surface area contributed by atoms with Gasteiger partial charge in [0.15, 0.2) is 5.65 Å². The van der Waals surface area contributed by atoms with Crippen molar-refractivity contribution in [1.29, 1.82) is 0 Å². The number of aromatic nitrogens is 4. The molecule has 8 nitrogen and oxygen atoms in total. The van der Waals surface area contributed by atoms with Crippen molar-refractivity contribution in [2.75, 3.05) is 12.0 Å². The highest BCUT2D eigenvalue weighted by atomic mass is 32.2. The van der Waals surface area contributed by atoms with Crippen LogP contribution in [0.25, 0.3) is 16.7 Å². The Bertz CT molecular complexity index is 830. The van der Waals surface area contributed by atoms with Gasteiger partial charge in [-0.15, -0.1) is 11.8 Å².